The number of thiophene rings is 1. The molecule has 5 aromatic rings. The molecule has 5 amide bonds. The number of aliphatic hydroxyl groups excluding tert-OH is 1. The molecule has 0 saturated carbocycles. The van der Waals surface area contributed by atoms with Crippen LogP contribution in [0.1, 0.15) is 121 Å². The molecule has 77 heavy (non-hydrogen) atoms. The molecule has 0 spiro atoms. The van der Waals surface area contributed by atoms with Crippen molar-refractivity contribution in [3.63, 3.8) is 0 Å². The van der Waals surface area contributed by atoms with Gasteiger partial charge in [0, 0.05) is 91.9 Å². The number of nitrogens with one attached hydrogen (secondary N) is 1. The van der Waals surface area contributed by atoms with Gasteiger partial charge in [-0.05, 0) is 131 Å². The first-order chi connectivity index (χ1) is 38.1. The Balaban J connectivity index is 0.728. The number of piperazine rings is 1. The maximum atomic E-state index is 14.2. The minimum absolute atomic E-state index is 0.125. The molecule has 3 saturated heterocycles. The fraction of sp³-hybridized carbons (Fsp3) is 0.444. The van der Waals surface area contributed by atoms with Gasteiger partial charge in [-0.25, -0.2) is 19.5 Å². The number of aryl methyl sites for hydroxylation is 1. The van der Waals surface area contributed by atoms with Crippen LogP contribution in [0.3, 0.4) is 0 Å². The predicted octanol–water partition coefficient (Wildman–Crippen LogP) is 6.24. The molecule has 23 heteroatoms. The number of amides is 5. The highest BCUT2D eigenvalue weighted by atomic mass is 32.1. The molecular weight excluding hydrogens is 1030 g/mol. The minimum atomic E-state index is -5.07. The number of piperidine rings is 2. The third-order valence-corrected chi connectivity index (χ3v) is 17.7. The summed E-state index contributed by atoms with van der Waals surface area (Å²) in [6.07, 6.45) is 8.42. The Hall–Kier alpha value is -6.65. The number of likely N-dealkylation sites (tertiary alicyclic amines) is 1. The van der Waals surface area contributed by atoms with E-state index in [2.05, 4.69) is 41.4 Å². The van der Waals surface area contributed by atoms with Gasteiger partial charge < -0.3 is 34.7 Å². The number of carbonyl (C=O) groups excluding carboxylic acids is 5. The van der Waals surface area contributed by atoms with Crippen molar-refractivity contribution in [2.24, 2.45) is 0 Å². The Labute approximate surface area is 453 Å². The summed E-state index contributed by atoms with van der Waals surface area (Å²) in [4.78, 5) is 112. The molecule has 4 aromatic heterocycles. The molecule has 404 valence electrons. The molecule has 0 radical (unpaired) electrons. The molecule has 5 aliphatic heterocycles. The van der Waals surface area contributed by atoms with Crippen LogP contribution in [-0.4, -0.2) is 145 Å². The molecule has 4 N–H and O–H groups in total. The van der Waals surface area contributed by atoms with E-state index in [0.29, 0.717) is 65.3 Å². The number of fused-ring (bicyclic) bond motifs is 4. The molecule has 2 unspecified atom stereocenters. The molecule has 6 aliphatic rings. The van der Waals surface area contributed by atoms with Gasteiger partial charge in [0.25, 0.3) is 23.6 Å². The number of hydrogen-bond acceptors (Lipinski definition) is 17. The summed E-state index contributed by atoms with van der Waals surface area (Å²) in [5, 5.41) is 14.5. The maximum absolute atomic E-state index is 14.2. The highest BCUT2D eigenvalue weighted by Gasteiger charge is 2.49. The van der Waals surface area contributed by atoms with Gasteiger partial charge >= 0.3 is 7.82 Å². The Morgan fingerprint density at radius 2 is 1.60 bits per heavy atom. The number of aliphatic hydroxyl groups is 1. The number of rotatable bonds is 13. The largest absolute Gasteiger partial charge is 0.480 e. The van der Waals surface area contributed by atoms with Crippen molar-refractivity contribution in [1.29, 1.82) is 0 Å². The van der Waals surface area contributed by atoms with E-state index in [4.69, 9.17) is 13.8 Å². The SMILES string of the molecule is [2H]C([2H])([2H])Oc1ncc(-c2ccnc(N3CCc4c(sc5c4CCCC5)C3=O)c2[C@H](C)O)cc1Nc1ccc(N2CCN(C3CCN(c4ccc5c(c4)C(=O)N(C4CCC(=O)N(C(C)OP(=O)(O)O)C4=O)C5=O)CC3)C[C@@H]2C)cn1. The van der Waals surface area contributed by atoms with Gasteiger partial charge in [-0.15, -0.1) is 11.3 Å². The molecule has 3 fully saturated rings. The highest BCUT2D eigenvalue weighted by Crippen LogP contribution is 2.43. The van der Waals surface area contributed by atoms with Crippen LogP contribution in [0.15, 0.2) is 61.1 Å². The van der Waals surface area contributed by atoms with Crippen molar-refractivity contribution in [3.8, 4) is 17.0 Å². The summed E-state index contributed by atoms with van der Waals surface area (Å²) in [5.74, 6) is -2.60. The lowest BCUT2D eigenvalue weighted by atomic mass is 9.91. The van der Waals surface area contributed by atoms with Crippen LogP contribution in [0.2, 0.25) is 0 Å². The fourth-order valence-corrected chi connectivity index (χ4v) is 14.0. The lowest BCUT2D eigenvalue weighted by Gasteiger charge is -2.46. The van der Waals surface area contributed by atoms with E-state index >= 15 is 0 Å². The second-order valence-electron chi connectivity index (χ2n) is 20.5. The molecular formula is C54H61N10O11PS. The first-order valence-electron chi connectivity index (χ1n) is 27.5. The van der Waals surface area contributed by atoms with E-state index < -0.39 is 56.9 Å². The van der Waals surface area contributed by atoms with Gasteiger partial charge in [0.1, 0.15) is 29.6 Å². The smallest absolute Gasteiger partial charge is 0.471 e. The zero-order valence-corrected chi connectivity index (χ0v) is 44.5. The Kier molecular flexibility index (Phi) is 13.3. The van der Waals surface area contributed by atoms with E-state index in [-0.39, 0.29) is 47.5 Å². The van der Waals surface area contributed by atoms with Crippen molar-refractivity contribution in [1.82, 2.24) is 29.7 Å². The predicted molar refractivity (Wildman–Crippen MR) is 287 cm³/mol. The third kappa shape index (κ3) is 9.89. The van der Waals surface area contributed by atoms with Crippen molar-refractivity contribution in [2.75, 3.05) is 66.3 Å². The average molecular weight is 1090 g/mol. The summed E-state index contributed by atoms with van der Waals surface area (Å²) < 4.78 is 45.1. The second-order valence-corrected chi connectivity index (χ2v) is 22.8. The van der Waals surface area contributed by atoms with Gasteiger partial charge in [0.2, 0.25) is 11.8 Å². The van der Waals surface area contributed by atoms with Crippen LogP contribution >= 0.6 is 19.2 Å². The highest BCUT2D eigenvalue weighted by molar-refractivity contribution is 7.46. The van der Waals surface area contributed by atoms with E-state index in [0.717, 1.165) is 91.8 Å². The molecule has 4 atom stereocenters. The number of anilines is 5. The van der Waals surface area contributed by atoms with Crippen molar-refractivity contribution in [3.05, 3.63) is 98.6 Å². The zero-order chi connectivity index (χ0) is 56.5. The quantitative estimate of drug-likeness (QED) is 0.0753. The van der Waals surface area contributed by atoms with Gasteiger partial charge in [-0.3, -0.25) is 48.1 Å². The summed E-state index contributed by atoms with van der Waals surface area (Å²) in [6.45, 7) is 9.07. The summed E-state index contributed by atoms with van der Waals surface area (Å²) in [5.41, 5.74) is 6.15. The lowest BCUT2D eigenvalue weighted by molar-refractivity contribution is -0.161. The van der Waals surface area contributed by atoms with Crippen LogP contribution in [0, 0.1) is 0 Å². The topological polar surface area (TPSA) is 252 Å². The monoisotopic (exact) mass is 1090 g/mol. The standard InChI is InChI=1S/C54H61N10O11PS/c1-30-29-60(34-16-20-59(21-17-34)35-9-11-40-41(26-35)52(68)64(51(40)67)43-12-14-46(66)63(53(43)69)32(3)75-76(71,72)73)23-24-61(30)36-10-13-45(56-28-36)58-42-25-33(27-57-50(42)74-4)37-15-19-55-49(47(37)31(2)65)62-22-18-39-38-7-5-6-8-44(38)77-48(39)54(62)70/h9-11,13,15,19,25-28,30-32,34,43,65H,5-8,12,14,16-18,20-24,29H2,1-4H3,(H,56,58)(H2,71,72,73)/t30-,31-,32?,43?/m0/s1/i4D3. The maximum Gasteiger partial charge on any atom is 0.471 e. The number of methoxy groups -OCH3 is 1. The van der Waals surface area contributed by atoms with Crippen LogP contribution in [0.25, 0.3) is 11.1 Å². The number of imide groups is 2. The number of benzene rings is 1. The van der Waals surface area contributed by atoms with Gasteiger partial charge in [-0.2, -0.15) is 0 Å². The van der Waals surface area contributed by atoms with Crippen LogP contribution in [0.4, 0.5) is 28.7 Å². The molecule has 1 aliphatic carbocycles. The lowest BCUT2D eigenvalue weighted by Crippen LogP contribution is -2.58. The Morgan fingerprint density at radius 3 is 2.34 bits per heavy atom. The minimum Gasteiger partial charge on any atom is -0.480 e. The first-order valence-corrected chi connectivity index (χ1v) is 28.4. The Morgan fingerprint density at radius 1 is 0.818 bits per heavy atom. The van der Waals surface area contributed by atoms with Gasteiger partial charge in [0.15, 0.2) is 0 Å². The molecule has 11 rings (SSSR count). The number of hydrogen-bond donors (Lipinski definition) is 4. The van der Waals surface area contributed by atoms with E-state index in [1.807, 2.05) is 6.07 Å². The van der Waals surface area contributed by atoms with E-state index in [1.165, 1.54) is 16.6 Å². The number of phosphoric acid groups is 1. The number of carbonyl (C=O) groups is 5. The summed E-state index contributed by atoms with van der Waals surface area (Å²) >= 11 is 1.58. The van der Waals surface area contributed by atoms with Crippen LogP contribution in [0.5, 0.6) is 5.88 Å². The Bertz CT molecular complexity index is 3350. The number of aromatic nitrogens is 3. The molecule has 1 aromatic carbocycles. The molecule has 0 bridgehead atoms. The summed E-state index contributed by atoms with van der Waals surface area (Å²) in [7, 11) is -7.89. The number of phosphoric ester groups is 1. The van der Waals surface area contributed by atoms with E-state index in [1.54, 1.807) is 72.0 Å². The van der Waals surface area contributed by atoms with Crippen molar-refractivity contribution in [2.45, 2.75) is 109 Å². The normalized spacial score (nSPS) is 22.1. The van der Waals surface area contributed by atoms with Crippen LogP contribution < -0.4 is 24.8 Å². The average Bonchev–Trinajstić information content (AvgIpc) is 3.95. The third-order valence-electron chi connectivity index (χ3n) is 15.8. The first kappa shape index (κ1) is 48.7. The number of nitrogens with zero attached hydrogens (tertiary/aromatic N) is 9. The van der Waals surface area contributed by atoms with Crippen molar-refractivity contribution < 1.29 is 56.8 Å². The fourth-order valence-electron chi connectivity index (χ4n) is 12.2. The van der Waals surface area contributed by atoms with Gasteiger partial charge in [-0.1, -0.05) is 0 Å². The molecule has 21 nitrogen and oxygen atoms in total. The van der Waals surface area contributed by atoms with Crippen molar-refractivity contribution >= 4 is 77.4 Å². The van der Waals surface area contributed by atoms with E-state index in [9.17, 15) is 43.4 Å². The van der Waals surface area contributed by atoms with Gasteiger partial charge in [0.05, 0.1) is 45.1 Å². The summed E-state index contributed by atoms with van der Waals surface area (Å²) in [6, 6.07) is 11.3. The zero-order valence-electron chi connectivity index (χ0n) is 45.8. The van der Waals surface area contributed by atoms with Crippen LogP contribution in [-0.2, 0) is 37.9 Å². The number of ether oxygens (including phenoxy) is 1. The second kappa shape index (κ2) is 21.0. The molecule has 9 heterocycles. The number of pyridine rings is 3.